The summed E-state index contributed by atoms with van der Waals surface area (Å²) in [7, 11) is 0. The van der Waals surface area contributed by atoms with Gasteiger partial charge in [-0.2, -0.15) is 0 Å². The number of ether oxygens (including phenoxy) is 1. The van der Waals surface area contributed by atoms with Crippen LogP contribution in [-0.4, -0.2) is 31.5 Å². The first-order valence-corrected chi connectivity index (χ1v) is 6.30. The Hall–Kier alpha value is -2.04. The van der Waals surface area contributed by atoms with Crippen LogP contribution in [0.2, 0.25) is 0 Å². The first kappa shape index (κ1) is 15.0. The van der Waals surface area contributed by atoms with E-state index in [2.05, 4.69) is 5.32 Å². The van der Waals surface area contributed by atoms with E-state index in [4.69, 9.17) is 4.74 Å². The molecule has 0 atom stereocenters. The van der Waals surface area contributed by atoms with E-state index < -0.39 is 0 Å². The second-order valence-corrected chi connectivity index (χ2v) is 4.08. The van der Waals surface area contributed by atoms with Crippen LogP contribution in [0, 0.1) is 0 Å². The lowest BCUT2D eigenvalue weighted by molar-refractivity contribution is -0.119. The summed E-state index contributed by atoms with van der Waals surface area (Å²) in [6.45, 7) is 6.37. The van der Waals surface area contributed by atoms with Crippen molar-refractivity contribution < 1.29 is 14.3 Å². The number of nitrogens with zero attached hydrogens (tertiary/aromatic N) is 1. The standard InChI is InChI=1S/C14H20N2O3/c1-4-19-14-7-5-13(6-8-14)16(12(3)18)10-9-15-11(2)17/h5-8H,4,9-10H2,1-3H3,(H,15,17). The van der Waals surface area contributed by atoms with Gasteiger partial charge in [0.2, 0.25) is 11.8 Å². The second kappa shape index (κ2) is 7.41. The number of anilines is 1. The summed E-state index contributed by atoms with van der Waals surface area (Å²) in [5.74, 6) is 0.612. The summed E-state index contributed by atoms with van der Waals surface area (Å²) in [4.78, 5) is 24.0. The van der Waals surface area contributed by atoms with Crippen molar-refractivity contribution in [2.75, 3.05) is 24.6 Å². The van der Waals surface area contributed by atoms with Gasteiger partial charge in [0, 0.05) is 32.6 Å². The Bertz CT molecular complexity index is 429. The predicted molar refractivity (Wildman–Crippen MR) is 74.3 cm³/mol. The number of nitrogens with one attached hydrogen (secondary N) is 1. The normalized spacial score (nSPS) is 9.84. The Morgan fingerprint density at radius 1 is 1.21 bits per heavy atom. The highest BCUT2D eigenvalue weighted by Gasteiger charge is 2.11. The molecule has 104 valence electrons. The molecule has 0 bridgehead atoms. The summed E-state index contributed by atoms with van der Waals surface area (Å²) < 4.78 is 5.35. The topological polar surface area (TPSA) is 58.6 Å². The predicted octanol–water partition coefficient (Wildman–Crippen LogP) is 1.57. The van der Waals surface area contributed by atoms with Crippen LogP contribution in [0.5, 0.6) is 5.75 Å². The van der Waals surface area contributed by atoms with E-state index in [0.717, 1.165) is 11.4 Å². The Morgan fingerprint density at radius 2 is 1.84 bits per heavy atom. The summed E-state index contributed by atoms with van der Waals surface area (Å²) in [5.41, 5.74) is 0.793. The highest BCUT2D eigenvalue weighted by molar-refractivity contribution is 5.91. The smallest absolute Gasteiger partial charge is 0.223 e. The highest BCUT2D eigenvalue weighted by Crippen LogP contribution is 2.19. The monoisotopic (exact) mass is 264 g/mol. The van der Waals surface area contributed by atoms with Crippen molar-refractivity contribution in [1.82, 2.24) is 5.32 Å². The molecule has 0 aromatic heterocycles. The molecular formula is C14H20N2O3. The fourth-order valence-electron chi connectivity index (χ4n) is 1.70. The fraction of sp³-hybridized carbons (Fsp3) is 0.429. The minimum absolute atomic E-state index is 0.0606. The number of hydrogen-bond donors (Lipinski definition) is 1. The van der Waals surface area contributed by atoms with E-state index in [9.17, 15) is 9.59 Å². The van der Waals surface area contributed by atoms with Crippen LogP contribution in [0.25, 0.3) is 0 Å². The largest absolute Gasteiger partial charge is 0.494 e. The molecule has 5 heteroatoms. The number of rotatable bonds is 6. The minimum Gasteiger partial charge on any atom is -0.494 e. The van der Waals surface area contributed by atoms with Gasteiger partial charge in [0.1, 0.15) is 5.75 Å². The molecule has 0 spiro atoms. The first-order valence-electron chi connectivity index (χ1n) is 6.30. The van der Waals surface area contributed by atoms with Gasteiger partial charge in [0.15, 0.2) is 0 Å². The molecule has 0 aliphatic rings. The van der Waals surface area contributed by atoms with E-state index in [1.807, 2.05) is 31.2 Å². The molecule has 0 radical (unpaired) electrons. The fourth-order valence-corrected chi connectivity index (χ4v) is 1.70. The van der Waals surface area contributed by atoms with Crippen LogP contribution in [0.4, 0.5) is 5.69 Å². The zero-order chi connectivity index (χ0) is 14.3. The van der Waals surface area contributed by atoms with E-state index in [0.29, 0.717) is 19.7 Å². The SMILES string of the molecule is CCOc1ccc(N(CCNC(C)=O)C(C)=O)cc1. The minimum atomic E-state index is -0.102. The lowest BCUT2D eigenvalue weighted by atomic mass is 10.2. The second-order valence-electron chi connectivity index (χ2n) is 4.08. The van der Waals surface area contributed by atoms with Crippen LogP contribution in [0.3, 0.4) is 0 Å². The Kier molecular flexibility index (Phi) is 5.85. The van der Waals surface area contributed by atoms with E-state index in [1.54, 1.807) is 4.90 Å². The molecule has 19 heavy (non-hydrogen) atoms. The summed E-state index contributed by atoms with van der Waals surface area (Å²) in [5, 5.41) is 2.67. The van der Waals surface area contributed by atoms with Crippen molar-refractivity contribution in [2.24, 2.45) is 0 Å². The maximum atomic E-state index is 11.6. The van der Waals surface area contributed by atoms with Gasteiger partial charge in [0.25, 0.3) is 0 Å². The molecule has 0 saturated heterocycles. The molecule has 2 amide bonds. The number of hydrogen-bond acceptors (Lipinski definition) is 3. The molecule has 1 N–H and O–H groups in total. The van der Waals surface area contributed by atoms with Crippen molar-refractivity contribution >= 4 is 17.5 Å². The molecule has 1 rings (SSSR count). The van der Waals surface area contributed by atoms with Crippen LogP contribution < -0.4 is 15.0 Å². The van der Waals surface area contributed by atoms with Crippen molar-refractivity contribution in [1.29, 1.82) is 0 Å². The van der Waals surface area contributed by atoms with Crippen molar-refractivity contribution in [3.8, 4) is 5.75 Å². The van der Waals surface area contributed by atoms with Gasteiger partial charge in [-0.25, -0.2) is 0 Å². The maximum absolute atomic E-state index is 11.6. The van der Waals surface area contributed by atoms with Gasteiger partial charge < -0.3 is 15.0 Å². The average molecular weight is 264 g/mol. The number of amides is 2. The molecule has 0 aliphatic carbocycles. The first-order chi connectivity index (χ1) is 9.04. The molecule has 1 aromatic carbocycles. The number of benzene rings is 1. The summed E-state index contributed by atoms with van der Waals surface area (Å²) >= 11 is 0. The lowest BCUT2D eigenvalue weighted by Gasteiger charge is -2.21. The summed E-state index contributed by atoms with van der Waals surface area (Å²) in [6, 6.07) is 7.32. The van der Waals surface area contributed by atoms with E-state index in [-0.39, 0.29) is 11.8 Å². The highest BCUT2D eigenvalue weighted by atomic mass is 16.5. The third kappa shape index (κ3) is 4.99. The van der Waals surface area contributed by atoms with Gasteiger partial charge >= 0.3 is 0 Å². The van der Waals surface area contributed by atoms with E-state index in [1.165, 1.54) is 13.8 Å². The Morgan fingerprint density at radius 3 is 2.32 bits per heavy atom. The van der Waals surface area contributed by atoms with Crippen molar-refractivity contribution in [3.05, 3.63) is 24.3 Å². The van der Waals surface area contributed by atoms with Gasteiger partial charge in [0.05, 0.1) is 6.61 Å². The van der Waals surface area contributed by atoms with Crippen LogP contribution >= 0.6 is 0 Å². The molecule has 5 nitrogen and oxygen atoms in total. The van der Waals surface area contributed by atoms with Gasteiger partial charge in [-0.3, -0.25) is 9.59 Å². The molecule has 0 aliphatic heterocycles. The van der Waals surface area contributed by atoms with Gasteiger partial charge in [-0.1, -0.05) is 0 Å². The Labute approximate surface area is 113 Å². The third-order valence-electron chi connectivity index (χ3n) is 2.55. The van der Waals surface area contributed by atoms with Crippen LogP contribution in [0.15, 0.2) is 24.3 Å². The van der Waals surface area contributed by atoms with Crippen molar-refractivity contribution in [3.63, 3.8) is 0 Å². The molecule has 1 aromatic rings. The molecule has 0 unspecified atom stereocenters. The van der Waals surface area contributed by atoms with Crippen molar-refractivity contribution in [2.45, 2.75) is 20.8 Å². The quantitative estimate of drug-likeness (QED) is 0.848. The number of carbonyl (C=O) groups excluding carboxylic acids is 2. The molecule has 0 fully saturated rings. The number of carbonyl (C=O) groups is 2. The average Bonchev–Trinajstić information content (AvgIpc) is 2.35. The van der Waals surface area contributed by atoms with E-state index >= 15 is 0 Å². The lowest BCUT2D eigenvalue weighted by Crippen LogP contribution is -2.36. The molecule has 0 saturated carbocycles. The molecule has 0 heterocycles. The van der Waals surface area contributed by atoms with Crippen LogP contribution in [0.1, 0.15) is 20.8 Å². The third-order valence-corrected chi connectivity index (χ3v) is 2.55. The zero-order valence-electron chi connectivity index (χ0n) is 11.6. The van der Waals surface area contributed by atoms with Crippen LogP contribution in [-0.2, 0) is 9.59 Å². The zero-order valence-corrected chi connectivity index (χ0v) is 11.6. The Balaban J connectivity index is 2.69. The summed E-state index contributed by atoms with van der Waals surface area (Å²) in [6.07, 6.45) is 0. The van der Waals surface area contributed by atoms with Gasteiger partial charge in [-0.15, -0.1) is 0 Å². The molecular weight excluding hydrogens is 244 g/mol. The van der Waals surface area contributed by atoms with Gasteiger partial charge in [-0.05, 0) is 31.2 Å². The maximum Gasteiger partial charge on any atom is 0.223 e.